The average molecular weight is 157 g/mol. The summed E-state index contributed by atoms with van der Waals surface area (Å²) in [5.41, 5.74) is -0.681. The lowest BCUT2D eigenvalue weighted by molar-refractivity contribution is -0.114. The van der Waals surface area contributed by atoms with Gasteiger partial charge in [0.1, 0.15) is 0 Å². The van der Waals surface area contributed by atoms with Crippen molar-refractivity contribution in [3.8, 4) is 6.57 Å². The smallest absolute Gasteiger partial charge is 0.195 e. The van der Waals surface area contributed by atoms with Crippen molar-refractivity contribution in [1.82, 2.24) is 0 Å². The maximum atomic E-state index is 10.5. The number of nitrogens with zero attached hydrogens (tertiary/aromatic N) is 2. The van der Waals surface area contributed by atoms with E-state index in [1.807, 2.05) is 0 Å². The molecule has 0 N–H and O–H groups in total. The number of alkyl halides is 1. The molecule has 0 fully saturated rings. The van der Waals surface area contributed by atoms with Crippen LogP contribution in [0.2, 0.25) is 0 Å². The standard InChI is InChI=1S/C5H4ClNO.CHN/c6-5-4(8)2-1-3-7-5;1-2/h1-3,5H;1H. The summed E-state index contributed by atoms with van der Waals surface area (Å²) in [7, 11) is 0. The Balaban J connectivity index is 0.000000371. The molecule has 0 aromatic carbocycles. The Morgan fingerprint density at radius 2 is 2.30 bits per heavy atom. The van der Waals surface area contributed by atoms with E-state index in [0.29, 0.717) is 0 Å². The van der Waals surface area contributed by atoms with Crippen LogP contribution in [0.15, 0.2) is 17.1 Å². The summed E-state index contributed by atoms with van der Waals surface area (Å²) in [6.45, 7) is 3.50. The molecule has 52 valence electrons. The number of dihydropyridines is 1. The summed E-state index contributed by atoms with van der Waals surface area (Å²) in [6, 6.07) is 0. The monoisotopic (exact) mass is 156 g/mol. The number of hydrogen-bond donors (Lipinski definition) is 0. The Hall–Kier alpha value is -1.14. The van der Waals surface area contributed by atoms with Crippen LogP contribution in [0.4, 0.5) is 0 Å². The second-order valence-electron chi connectivity index (χ2n) is 1.40. The zero-order chi connectivity index (χ0) is 7.98. The number of halogens is 1. The van der Waals surface area contributed by atoms with Crippen molar-refractivity contribution in [3.05, 3.63) is 12.2 Å². The molecule has 3 nitrogen and oxygen atoms in total. The van der Waals surface area contributed by atoms with Crippen molar-refractivity contribution in [2.24, 2.45) is 4.99 Å². The molecule has 0 aliphatic carbocycles. The predicted molar refractivity (Wildman–Crippen MR) is 39.0 cm³/mol. The van der Waals surface area contributed by atoms with Crippen LogP contribution in [0.1, 0.15) is 0 Å². The quantitative estimate of drug-likeness (QED) is 0.387. The summed E-state index contributed by atoms with van der Waals surface area (Å²) in [6.07, 6.45) is 4.49. The highest BCUT2D eigenvalue weighted by molar-refractivity contribution is 6.33. The molecule has 10 heavy (non-hydrogen) atoms. The van der Waals surface area contributed by atoms with Crippen LogP contribution >= 0.6 is 11.6 Å². The number of allylic oxidation sites excluding steroid dienone is 1. The van der Waals surface area contributed by atoms with Crippen molar-refractivity contribution in [1.29, 1.82) is 5.26 Å². The van der Waals surface area contributed by atoms with E-state index in [-0.39, 0.29) is 5.78 Å². The molecule has 0 aromatic rings. The van der Waals surface area contributed by atoms with Crippen LogP contribution in [-0.4, -0.2) is 17.5 Å². The third-order valence-corrected chi connectivity index (χ3v) is 1.13. The number of carbonyl (C=O) groups is 1. The summed E-state index contributed by atoms with van der Waals surface area (Å²) < 4.78 is 0. The van der Waals surface area contributed by atoms with Crippen molar-refractivity contribution in [2.45, 2.75) is 5.50 Å². The summed E-state index contributed by atoms with van der Waals surface area (Å²) in [5, 5.41) is 6.50. The fraction of sp³-hybridized carbons (Fsp3) is 0.167. The molecule has 1 unspecified atom stereocenters. The van der Waals surface area contributed by atoms with E-state index in [4.69, 9.17) is 16.9 Å². The zero-order valence-corrected chi connectivity index (χ0v) is 5.82. The molecule has 0 radical (unpaired) electrons. The van der Waals surface area contributed by atoms with E-state index in [2.05, 4.69) is 11.6 Å². The van der Waals surface area contributed by atoms with Gasteiger partial charge in [-0.1, -0.05) is 11.6 Å². The Morgan fingerprint density at radius 3 is 2.60 bits per heavy atom. The highest BCUT2D eigenvalue weighted by atomic mass is 35.5. The van der Waals surface area contributed by atoms with E-state index in [1.54, 1.807) is 6.08 Å². The molecule has 0 bridgehead atoms. The Labute approximate surface area is 63.6 Å². The third-order valence-electron chi connectivity index (χ3n) is 0.798. The number of aliphatic imine (C=N–C) groups is 1. The van der Waals surface area contributed by atoms with Gasteiger partial charge >= 0.3 is 0 Å². The van der Waals surface area contributed by atoms with E-state index in [0.717, 1.165) is 0 Å². The molecule has 0 spiro atoms. The van der Waals surface area contributed by atoms with Crippen molar-refractivity contribution >= 4 is 23.6 Å². The van der Waals surface area contributed by atoms with Gasteiger partial charge in [0.2, 0.25) is 0 Å². The van der Waals surface area contributed by atoms with Gasteiger partial charge in [-0.15, -0.1) is 0 Å². The van der Waals surface area contributed by atoms with Gasteiger partial charge in [0, 0.05) is 12.8 Å². The van der Waals surface area contributed by atoms with Gasteiger partial charge in [-0.05, 0) is 12.2 Å². The van der Waals surface area contributed by atoms with Crippen LogP contribution in [0.5, 0.6) is 0 Å². The molecule has 0 saturated carbocycles. The summed E-state index contributed by atoms with van der Waals surface area (Å²) in [5.74, 6) is -0.144. The fourth-order valence-corrected chi connectivity index (χ4v) is 0.554. The van der Waals surface area contributed by atoms with Gasteiger partial charge in [-0.25, -0.2) is 5.26 Å². The van der Waals surface area contributed by atoms with Crippen molar-refractivity contribution in [2.75, 3.05) is 0 Å². The normalized spacial score (nSPS) is 21.5. The third kappa shape index (κ3) is 2.42. The van der Waals surface area contributed by atoms with E-state index >= 15 is 0 Å². The topological polar surface area (TPSA) is 53.2 Å². The Morgan fingerprint density at radius 1 is 1.70 bits per heavy atom. The number of nitriles is 1. The van der Waals surface area contributed by atoms with Gasteiger partial charge < -0.3 is 0 Å². The van der Waals surface area contributed by atoms with Crippen LogP contribution in [-0.2, 0) is 4.79 Å². The molecule has 1 aliphatic rings. The van der Waals surface area contributed by atoms with Gasteiger partial charge in [0.05, 0.1) is 0 Å². The number of carbonyl (C=O) groups excluding carboxylic acids is 1. The lowest BCUT2D eigenvalue weighted by Gasteiger charge is -1.99. The van der Waals surface area contributed by atoms with Gasteiger partial charge in [0.15, 0.2) is 11.3 Å². The van der Waals surface area contributed by atoms with Crippen LogP contribution in [0.3, 0.4) is 0 Å². The van der Waals surface area contributed by atoms with Crippen LogP contribution in [0, 0.1) is 11.8 Å². The minimum Gasteiger partial charge on any atom is -0.291 e. The average Bonchev–Trinajstić information content (AvgIpc) is 2.00. The lowest BCUT2D eigenvalue weighted by Crippen LogP contribution is -2.11. The molecule has 0 amide bonds. The minimum absolute atomic E-state index is 0.144. The molecule has 1 rings (SSSR count). The first kappa shape index (κ1) is 8.86. The van der Waals surface area contributed by atoms with E-state index in [1.165, 1.54) is 12.3 Å². The molecule has 4 heteroatoms. The molecule has 0 saturated heterocycles. The van der Waals surface area contributed by atoms with Gasteiger partial charge in [-0.2, -0.15) is 0 Å². The Bertz CT molecular complexity index is 195. The largest absolute Gasteiger partial charge is 0.291 e. The Kier molecular flexibility index (Phi) is 4.17. The number of rotatable bonds is 0. The first-order valence-electron chi connectivity index (χ1n) is 2.44. The highest BCUT2D eigenvalue weighted by Crippen LogP contribution is 2.02. The SMILES string of the molecule is C#N.O=C1C=CC=NC1Cl. The minimum atomic E-state index is -0.681. The molecular weight excluding hydrogens is 152 g/mol. The molecule has 1 heterocycles. The molecular formula is C6H5ClN2O. The second kappa shape index (κ2) is 4.71. The maximum Gasteiger partial charge on any atom is 0.195 e. The molecule has 1 aliphatic heterocycles. The maximum absolute atomic E-state index is 10.5. The zero-order valence-electron chi connectivity index (χ0n) is 5.07. The summed E-state index contributed by atoms with van der Waals surface area (Å²) >= 11 is 5.37. The van der Waals surface area contributed by atoms with Crippen LogP contribution < -0.4 is 0 Å². The predicted octanol–water partition coefficient (Wildman–Crippen LogP) is 0.901. The summed E-state index contributed by atoms with van der Waals surface area (Å²) in [4.78, 5) is 14.1. The fourth-order valence-electron chi connectivity index (χ4n) is 0.416. The lowest BCUT2D eigenvalue weighted by atomic mass is 10.3. The first-order chi connectivity index (χ1) is 4.80. The second-order valence-corrected chi connectivity index (χ2v) is 1.81. The number of hydrogen-bond acceptors (Lipinski definition) is 3. The first-order valence-corrected chi connectivity index (χ1v) is 2.88. The number of ketones is 1. The van der Waals surface area contributed by atoms with Crippen molar-refractivity contribution < 1.29 is 4.79 Å². The molecule has 0 aromatic heterocycles. The van der Waals surface area contributed by atoms with Crippen LogP contribution in [0.25, 0.3) is 0 Å². The highest BCUT2D eigenvalue weighted by Gasteiger charge is 2.10. The van der Waals surface area contributed by atoms with E-state index < -0.39 is 5.50 Å². The van der Waals surface area contributed by atoms with E-state index in [9.17, 15) is 4.79 Å². The van der Waals surface area contributed by atoms with Gasteiger partial charge in [0.25, 0.3) is 0 Å². The van der Waals surface area contributed by atoms with Crippen molar-refractivity contribution in [3.63, 3.8) is 0 Å². The van der Waals surface area contributed by atoms with Gasteiger partial charge in [-0.3, -0.25) is 9.79 Å². The molecule has 1 atom stereocenters.